The Morgan fingerprint density at radius 3 is 2.58 bits per heavy atom. The molecule has 0 spiro atoms. The lowest BCUT2D eigenvalue weighted by Gasteiger charge is -2.43. The molecule has 70 valence electrons. The molecule has 2 rings (SSSR count). The maximum atomic E-state index is 3.54. The van der Waals surface area contributed by atoms with Gasteiger partial charge >= 0.3 is 0 Å². The molecular weight excluding hydrogens is 148 g/mol. The molecule has 0 aromatic heterocycles. The standard InChI is InChI=1S/C10H20N2/c1-9(2)7-12(4)6-8-5-10(8,9)11-3/h8,11H,5-7H2,1-4H3/t8-,10+/m1/s1. The highest BCUT2D eigenvalue weighted by Crippen LogP contribution is 2.57. The third kappa shape index (κ3) is 0.882. The van der Waals surface area contributed by atoms with Crippen molar-refractivity contribution in [3.63, 3.8) is 0 Å². The number of nitrogens with one attached hydrogen (secondary N) is 1. The highest BCUT2D eigenvalue weighted by Gasteiger charge is 2.64. The van der Waals surface area contributed by atoms with Crippen LogP contribution < -0.4 is 5.32 Å². The van der Waals surface area contributed by atoms with Gasteiger partial charge < -0.3 is 10.2 Å². The van der Waals surface area contributed by atoms with Crippen LogP contribution >= 0.6 is 0 Å². The van der Waals surface area contributed by atoms with E-state index in [-0.39, 0.29) is 0 Å². The van der Waals surface area contributed by atoms with Gasteiger partial charge in [-0.3, -0.25) is 0 Å². The zero-order valence-electron chi connectivity index (χ0n) is 8.65. The largest absolute Gasteiger partial charge is 0.313 e. The van der Waals surface area contributed by atoms with Gasteiger partial charge in [-0.15, -0.1) is 0 Å². The fraction of sp³-hybridized carbons (Fsp3) is 1.00. The van der Waals surface area contributed by atoms with Gasteiger partial charge in [0.25, 0.3) is 0 Å². The zero-order chi connectivity index (χ0) is 8.98. The van der Waals surface area contributed by atoms with Crippen LogP contribution in [0.5, 0.6) is 0 Å². The zero-order valence-corrected chi connectivity index (χ0v) is 8.65. The summed E-state index contributed by atoms with van der Waals surface area (Å²) >= 11 is 0. The fourth-order valence-electron chi connectivity index (χ4n) is 3.28. The molecule has 12 heavy (non-hydrogen) atoms. The maximum absolute atomic E-state index is 3.54. The molecule has 1 saturated carbocycles. The second kappa shape index (κ2) is 2.24. The van der Waals surface area contributed by atoms with Crippen LogP contribution in [0.15, 0.2) is 0 Å². The Kier molecular flexibility index (Phi) is 1.59. The highest BCUT2D eigenvalue weighted by atomic mass is 15.2. The molecule has 2 nitrogen and oxygen atoms in total. The van der Waals surface area contributed by atoms with Gasteiger partial charge in [-0.2, -0.15) is 0 Å². The van der Waals surface area contributed by atoms with Crippen molar-refractivity contribution in [2.75, 3.05) is 27.2 Å². The molecule has 0 amide bonds. The Labute approximate surface area is 75.3 Å². The van der Waals surface area contributed by atoms with Gasteiger partial charge in [-0.25, -0.2) is 0 Å². The summed E-state index contributed by atoms with van der Waals surface area (Å²) in [5, 5.41) is 3.54. The Hall–Kier alpha value is -0.0800. The van der Waals surface area contributed by atoms with E-state index in [1.807, 2.05) is 0 Å². The second-order valence-electron chi connectivity index (χ2n) is 5.20. The molecule has 1 aliphatic heterocycles. The summed E-state index contributed by atoms with van der Waals surface area (Å²) in [4.78, 5) is 2.47. The van der Waals surface area contributed by atoms with E-state index in [2.05, 4.69) is 38.2 Å². The third-order valence-corrected chi connectivity index (χ3v) is 3.96. The van der Waals surface area contributed by atoms with Crippen molar-refractivity contribution >= 4 is 0 Å². The molecular formula is C10H20N2. The number of nitrogens with zero attached hydrogens (tertiary/aromatic N) is 1. The quantitative estimate of drug-likeness (QED) is 0.627. The predicted molar refractivity (Wildman–Crippen MR) is 51.2 cm³/mol. The minimum Gasteiger partial charge on any atom is -0.313 e. The number of hydrogen-bond donors (Lipinski definition) is 1. The lowest BCUT2D eigenvalue weighted by Crippen LogP contribution is -2.54. The van der Waals surface area contributed by atoms with Crippen LogP contribution in [0.4, 0.5) is 0 Å². The number of hydrogen-bond acceptors (Lipinski definition) is 2. The van der Waals surface area contributed by atoms with Crippen molar-refractivity contribution in [1.82, 2.24) is 10.2 Å². The van der Waals surface area contributed by atoms with Gasteiger partial charge in [0.15, 0.2) is 0 Å². The highest BCUT2D eigenvalue weighted by molar-refractivity contribution is 5.20. The summed E-state index contributed by atoms with van der Waals surface area (Å²) < 4.78 is 0. The number of likely N-dealkylation sites (tertiary alicyclic amines) is 1. The summed E-state index contributed by atoms with van der Waals surface area (Å²) in [7, 11) is 4.35. The Balaban J connectivity index is 2.20. The van der Waals surface area contributed by atoms with E-state index >= 15 is 0 Å². The van der Waals surface area contributed by atoms with Gasteiger partial charge in [0, 0.05) is 18.6 Å². The van der Waals surface area contributed by atoms with Crippen LogP contribution in [0.2, 0.25) is 0 Å². The van der Waals surface area contributed by atoms with Crippen LogP contribution in [0.25, 0.3) is 0 Å². The van der Waals surface area contributed by atoms with E-state index < -0.39 is 0 Å². The van der Waals surface area contributed by atoms with Crippen LogP contribution in [-0.4, -0.2) is 37.6 Å². The molecule has 0 radical (unpaired) electrons. The molecule has 0 aromatic rings. The molecule has 0 bridgehead atoms. The van der Waals surface area contributed by atoms with Crippen molar-refractivity contribution in [2.24, 2.45) is 11.3 Å². The molecule has 1 heterocycles. The molecule has 2 aliphatic rings. The first-order valence-electron chi connectivity index (χ1n) is 4.89. The van der Waals surface area contributed by atoms with E-state index in [0.29, 0.717) is 11.0 Å². The first-order chi connectivity index (χ1) is 5.52. The first kappa shape index (κ1) is 8.52. The molecule has 1 aliphatic carbocycles. The van der Waals surface area contributed by atoms with Crippen LogP contribution in [0.3, 0.4) is 0 Å². The van der Waals surface area contributed by atoms with Crippen LogP contribution in [0.1, 0.15) is 20.3 Å². The van der Waals surface area contributed by atoms with E-state index in [1.165, 1.54) is 19.5 Å². The monoisotopic (exact) mass is 168 g/mol. The van der Waals surface area contributed by atoms with Crippen molar-refractivity contribution in [3.8, 4) is 0 Å². The number of fused-ring (bicyclic) bond motifs is 1. The Morgan fingerprint density at radius 2 is 2.08 bits per heavy atom. The molecule has 1 N–H and O–H groups in total. The van der Waals surface area contributed by atoms with Crippen LogP contribution in [0, 0.1) is 11.3 Å². The SMILES string of the molecule is CN[C@@]12C[C@@H]1CN(C)CC2(C)C. The topological polar surface area (TPSA) is 15.3 Å². The number of piperidine rings is 1. The van der Waals surface area contributed by atoms with E-state index in [0.717, 1.165) is 5.92 Å². The minimum absolute atomic E-state index is 0.444. The summed E-state index contributed by atoms with van der Waals surface area (Å²) in [6, 6.07) is 0. The Morgan fingerprint density at radius 1 is 1.42 bits per heavy atom. The van der Waals surface area contributed by atoms with Crippen molar-refractivity contribution in [1.29, 1.82) is 0 Å². The summed E-state index contributed by atoms with van der Waals surface area (Å²) in [5.74, 6) is 0.899. The van der Waals surface area contributed by atoms with Gasteiger partial charge in [-0.05, 0) is 31.8 Å². The smallest absolute Gasteiger partial charge is 0.0286 e. The van der Waals surface area contributed by atoms with E-state index in [9.17, 15) is 0 Å². The molecule has 2 fully saturated rings. The molecule has 0 aromatic carbocycles. The normalized spacial score (nSPS) is 45.5. The third-order valence-electron chi connectivity index (χ3n) is 3.96. The van der Waals surface area contributed by atoms with Gasteiger partial charge in [0.05, 0.1) is 0 Å². The minimum atomic E-state index is 0.444. The average Bonchev–Trinajstić information content (AvgIpc) is 2.61. The second-order valence-corrected chi connectivity index (χ2v) is 5.20. The van der Waals surface area contributed by atoms with E-state index in [1.54, 1.807) is 0 Å². The maximum Gasteiger partial charge on any atom is 0.0286 e. The Bertz CT molecular complexity index is 200. The lowest BCUT2D eigenvalue weighted by atomic mass is 9.77. The summed E-state index contributed by atoms with van der Waals surface area (Å²) in [6.07, 6.45) is 1.38. The number of rotatable bonds is 1. The molecule has 0 unspecified atom stereocenters. The van der Waals surface area contributed by atoms with Gasteiger partial charge in [-0.1, -0.05) is 13.8 Å². The first-order valence-corrected chi connectivity index (χ1v) is 4.89. The van der Waals surface area contributed by atoms with Crippen molar-refractivity contribution in [2.45, 2.75) is 25.8 Å². The lowest BCUT2D eigenvalue weighted by molar-refractivity contribution is 0.0909. The van der Waals surface area contributed by atoms with Crippen LogP contribution in [-0.2, 0) is 0 Å². The fourth-order valence-corrected chi connectivity index (χ4v) is 3.28. The molecule has 2 atom stereocenters. The molecule has 1 saturated heterocycles. The predicted octanol–water partition coefficient (Wildman–Crippen LogP) is 0.936. The van der Waals surface area contributed by atoms with Gasteiger partial charge in [0.1, 0.15) is 0 Å². The average molecular weight is 168 g/mol. The summed E-state index contributed by atoms with van der Waals surface area (Å²) in [5.41, 5.74) is 0.916. The summed E-state index contributed by atoms with van der Waals surface area (Å²) in [6.45, 7) is 7.28. The van der Waals surface area contributed by atoms with E-state index in [4.69, 9.17) is 0 Å². The van der Waals surface area contributed by atoms with Crippen molar-refractivity contribution < 1.29 is 0 Å². The van der Waals surface area contributed by atoms with Gasteiger partial charge in [0.2, 0.25) is 0 Å². The molecule has 2 heteroatoms. The van der Waals surface area contributed by atoms with Crippen molar-refractivity contribution in [3.05, 3.63) is 0 Å².